The van der Waals surface area contributed by atoms with Gasteiger partial charge < -0.3 is 14.4 Å². The number of aromatic nitrogens is 1. The van der Waals surface area contributed by atoms with Crippen molar-refractivity contribution >= 4 is 17.0 Å². The molecular formula is C15H17N3O2S. The fraction of sp³-hybridized carbons (Fsp3) is 0.333. The second-order valence-electron chi connectivity index (χ2n) is 4.32. The summed E-state index contributed by atoms with van der Waals surface area (Å²) in [5, 5.41) is 18.3. The lowest BCUT2D eigenvalue weighted by atomic mass is 10.3. The van der Waals surface area contributed by atoms with Crippen molar-refractivity contribution in [2.45, 2.75) is 20.4 Å². The Labute approximate surface area is 127 Å². The summed E-state index contributed by atoms with van der Waals surface area (Å²) in [6.45, 7) is 4.87. The number of aliphatic hydroxyl groups excluding tert-OH is 1. The molecule has 0 fully saturated rings. The summed E-state index contributed by atoms with van der Waals surface area (Å²) in [6, 6.07) is 9.63. The van der Waals surface area contributed by atoms with E-state index < -0.39 is 0 Å². The van der Waals surface area contributed by atoms with Gasteiger partial charge in [-0.2, -0.15) is 5.26 Å². The zero-order chi connectivity index (χ0) is 15.2. The summed E-state index contributed by atoms with van der Waals surface area (Å²) in [5.41, 5.74) is 1.62. The third-order valence-electron chi connectivity index (χ3n) is 2.96. The lowest BCUT2D eigenvalue weighted by Gasteiger charge is -2.04. The molecule has 0 aliphatic heterocycles. The first kappa shape index (κ1) is 15.3. The van der Waals surface area contributed by atoms with E-state index in [1.807, 2.05) is 42.7 Å². The summed E-state index contributed by atoms with van der Waals surface area (Å²) in [5.74, 6) is 0.805. The average molecular weight is 303 g/mol. The number of benzene rings is 1. The highest BCUT2D eigenvalue weighted by atomic mass is 32.1. The predicted molar refractivity (Wildman–Crippen MR) is 81.7 cm³/mol. The van der Waals surface area contributed by atoms with E-state index in [9.17, 15) is 0 Å². The second-order valence-corrected chi connectivity index (χ2v) is 5.30. The van der Waals surface area contributed by atoms with E-state index in [4.69, 9.17) is 15.1 Å². The molecule has 0 saturated carbocycles. The highest BCUT2D eigenvalue weighted by Crippen LogP contribution is 2.18. The van der Waals surface area contributed by atoms with Crippen molar-refractivity contribution in [3.63, 3.8) is 0 Å². The third-order valence-corrected chi connectivity index (χ3v) is 4.04. The Bertz CT molecular complexity index is 708. The van der Waals surface area contributed by atoms with Crippen LogP contribution in [0.15, 0.2) is 29.3 Å². The molecule has 1 aromatic heterocycles. The molecule has 0 aliphatic rings. The van der Waals surface area contributed by atoms with E-state index in [0.717, 1.165) is 17.1 Å². The molecule has 1 heterocycles. The molecule has 0 radical (unpaired) electrons. The Morgan fingerprint density at radius 3 is 2.67 bits per heavy atom. The van der Waals surface area contributed by atoms with Crippen LogP contribution in [0.3, 0.4) is 0 Å². The van der Waals surface area contributed by atoms with Crippen molar-refractivity contribution < 1.29 is 9.84 Å². The van der Waals surface area contributed by atoms with Crippen LogP contribution in [-0.2, 0) is 6.54 Å². The Morgan fingerprint density at radius 2 is 2.10 bits per heavy atom. The van der Waals surface area contributed by atoms with Gasteiger partial charge in [-0.1, -0.05) is 11.3 Å². The number of aliphatic hydroxyl groups is 1. The third kappa shape index (κ3) is 3.51. The molecule has 0 amide bonds. The molecule has 6 heteroatoms. The molecule has 2 aromatic rings. The van der Waals surface area contributed by atoms with E-state index in [0.29, 0.717) is 22.8 Å². The van der Waals surface area contributed by atoms with Gasteiger partial charge in [-0.3, -0.25) is 0 Å². The lowest BCUT2D eigenvalue weighted by molar-refractivity contribution is 0.273. The van der Waals surface area contributed by atoms with Gasteiger partial charge >= 0.3 is 0 Å². The Morgan fingerprint density at radius 1 is 1.38 bits per heavy atom. The Balaban J connectivity index is 2.42. The molecule has 0 bridgehead atoms. The van der Waals surface area contributed by atoms with Crippen molar-refractivity contribution in [3.05, 3.63) is 39.6 Å². The van der Waals surface area contributed by atoms with Crippen molar-refractivity contribution in [2.75, 3.05) is 13.2 Å². The van der Waals surface area contributed by atoms with E-state index in [1.54, 1.807) is 0 Å². The molecular weight excluding hydrogens is 286 g/mol. The topological polar surface area (TPSA) is 70.5 Å². The maximum Gasteiger partial charge on any atom is 0.191 e. The number of nitrogens with zero attached hydrogens (tertiary/aromatic N) is 3. The van der Waals surface area contributed by atoms with Crippen molar-refractivity contribution in [3.8, 4) is 11.8 Å². The number of ether oxygens (including phenoxy) is 1. The van der Waals surface area contributed by atoms with E-state index in [1.165, 1.54) is 11.3 Å². The van der Waals surface area contributed by atoms with Crippen LogP contribution in [0, 0.1) is 18.3 Å². The van der Waals surface area contributed by atoms with Crippen LogP contribution in [0.4, 0.5) is 5.69 Å². The summed E-state index contributed by atoms with van der Waals surface area (Å²) in [7, 11) is 0. The van der Waals surface area contributed by atoms with Crippen LogP contribution >= 0.6 is 11.3 Å². The van der Waals surface area contributed by atoms with Crippen LogP contribution in [0.1, 0.15) is 17.5 Å². The minimum atomic E-state index is 0.0128. The first-order valence-corrected chi connectivity index (χ1v) is 7.50. The molecule has 0 unspecified atom stereocenters. The average Bonchev–Trinajstić information content (AvgIpc) is 2.78. The summed E-state index contributed by atoms with van der Waals surface area (Å²) in [4.78, 5) is 5.88. The fourth-order valence-electron chi connectivity index (χ4n) is 1.93. The highest BCUT2D eigenvalue weighted by Gasteiger charge is 2.08. The van der Waals surface area contributed by atoms with Gasteiger partial charge in [0, 0.05) is 12.2 Å². The monoisotopic (exact) mass is 303 g/mol. The Hall–Kier alpha value is -2.10. The number of hydrogen-bond acceptors (Lipinski definition) is 5. The molecule has 0 saturated heterocycles. The van der Waals surface area contributed by atoms with E-state index in [-0.39, 0.29) is 6.61 Å². The summed E-state index contributed by atoms with van der Waals surface area (Å²) in [6.07, 6.45) is 0. The fourth-order valence-corrected chi connectivity index (χ4v) is 2.91. The quantitative estimate of drug-likeness (QED) is 0.921. The summed E-state index contributed by atoms with van der Waals surface area (Å²) < 4.78 is 7.25. The van der Waals surface area contributed by atoms with Gasteiger partial charge in [0.1, 0.15) is 16.7 Å². The van der Waals surface area contributed by atoms with Gasteiger partial charge in [0.25, 0.3) is 0 Å². The van der Waals surface area contributed by atoms with Crippen LogP contribution in [0.5, 0.6) is 5.75 Å². The largest absolute Gasteiger partial charge is 0.494 e. The highest BCUT2D eigenvalue weighted by molar-refractivity contribution is 7.09. The first-order valence-electron chi connectivity index (χ1n) is 6.68. The van der Waals surface area contributed by atoms with Gasteiger partial charge in [-0.25, -0.2) is 4.99 Å². The number of hydrogen-bond donors (Lipinski definition) is 1. The Kier molecular flexibility index (Phi) is 5.14. The van der Waals surface area contributed by atoms with Crippen LogP contribution in [0.25, 0.3) is 0 Å². The minimum Gasteiger partial charge on any atom is -0.494 e. The SMILES string of the molecule is CCOc1ccc(/N=c2/sc(C#N)c(C)n2CCO)cc1. The number of rotatable bonds is 5. The second kappa shape index (κ2) is 7.07. The van der Waals surface area contributed by atoms with Gasteiger partial charge in [-0.05, 0) is 38.1 Å². The molecule has 1 aromatic carbocycles. The number of nitriles is 1. The molecule has 2 rings (SSSR count). The minimum absolute atomic E-state index is 0.0128. The smallest absolute Gasteiger partial charge is 0.191 e. The van der Waals surface area contributed by atoms with Gasteiger partial charge in [0.15, 0.2) is 4.80 Å². The molecule has 1 N–H and O–H groups in total. The maximum atomic E-state index is 9.15. The van der Waals surface area contributed by atoms with Crippen LogP contribution in [-0.4, -0.2) is 22.9 Å². The van der Waals surface area contributed by atoms with E-state index in [2.05, 4.69) is 11.1 Å². The predicted octanol–water partition coefficient (Wildman–Crippen LogP) is 2.35. The standard InChI is InChI=1S/C15H17N3O2S/c1-3-20-13-6-4-12(5-7-13)17-15-18(8-9-19)11(2)14(10-16)21-15/h4-7,19H,3,8-9H2,1-2H3/b17-15+. The van der Waals surface area contributed by atoms with Gasteiger partial charge in [0.2, 0.25) is 0 Å². The van der Waals surface area contributed by atoms with Crippen molar-refractivity contribution in [1.29, 1.82) is 5.26 Å². The molecule has 110 valence electrons. The zero-order valence-electron chi connectivity index (χ0n) is 12.0. The lowest BCUT2D eigenvalue weighted by Crippen LogP contribution is -2.18. The molecule has 5 nitrogen and oxygen atoms in total. The zero-order valence-corrected chi connectivity index (χ0v) is 12.9. The normalized spacial score (nSPS) is 11.4. The van der Waals surface area contributed by atoms with Gasteiger partial charge in [-0.15, -0.1) is 0 Å². The van der Waals surface area contributed by atoms with E-state index >= 15 is 0 Å². The van der Waals surface area contributed by atoms with Crippen molar-refractivity contribution in [1.82, 2.24) is 4.57 Å². The summed E-state index contributed by atoms with van der Waals surface area (Å²) >= 11 is 1.33. The first-order chi connectivity index (χ1) is 10.2. The maximum absolute atomic E-state index is 9.15. The molecule has 21 heavy (non-hydrogen) atoms. The number of thiazole rings is 1. The molecule has 0 atom stereocenters. The van der Waals surface area contributed by atoms with Crippen molar-refractivity contribution in [2.24, 2.45) is 4.99 Å². The molecule has 0 spiro atoms. The van der Waals surface area contributed by atoms with Crippen LogP contribution in [0.2, 0.25) is 0 Å². The van der Waals surface area contributed by atoms with Gasteiger partial charge in [0.05, 0.1) is 18.9 Å². The molecule has 0 aliphatic carbocycles. The van der Waals surface area contributed by atoms with Crippen LogP contribution < -0.4 is 9.54 Å².